The Morgan fingerprint density at radius 3 is 2.23 bits per heavy atom. The number of pyridine rings is 1. The number of hydrogen-bond donors (Lipinski definition) is 0. The van der Waals surface area contributed by atoms with Crippen LogP contribution in [0.15, 0.2) is 91.0 Å². The van der Waals surface area contributed by atoms with Crippen LogP contribution in [0.2, 0.25) is 5.02 Å². The summed E-state index contributed by atoms with van der Waals surface area (Å²) in [4.78, 5) is 57.6. The van der Waals surface area contributed by atoms with Gasteiger partial charge >= 0.3 is 5.97 Å². The van der Waals surface area contributed by atoms with Crippen molar-refractivity contribution in [2.24, 2.45) is 11.8 Å². The molecule has 1 saturated heterocycles. The highest BCUT2D eigenvalue weighted by Gasteiger charge is 2.47. The third-order valence-corrected chi connectivity index (χ3v) is 7.58. The highest BCUT2D eigenvalue weighted by molar-refractivity contribution is 6.31. The summed E-state index contributed by atoms with van der Waals surface area (Å²) in [6.45, 7) is -0.410. The molecule has 0 spiro atoms. The maximum Gasteiger partial charge on any atom is 0.339 e. The van der Waals surface area contributed by atoms with E-state index in [1.807, 2.05) is 12.2 Å². The minimum absolute atomic E-state index is 0.178. The van der Waals surface area contributed by atoms with Crippen LogP contribution in [-0.4, -0.2) is 35.2 Å². The van der Waals surface area contributed by atoms with E-state index in [9.17, 15) is 19.2 Å². The number of benzene rings is 3. The Bertz CT molecular complexity index is 1670. The van der Waals surface area contributed by atoms with Crippen LogP contribution in [0.3, 0.4) is 0 Å². The molecule has 1 aliphatic heterocycles. The van der Waals surface area contributed by atoms with E-state index in [4.69, 9.17) is 21.3 Å². The fraction of sp³-hybridized carbons (Fsp3) is 0.156. The van der Waals surface area contributed by atoms with Crippen LogP contribution in [0.5, 0.6) is 0 Å². The number of amides is 2. The predicted octanol–water partition coefficient (Wildman–Crippen LogP) is 6.05. The van der Waals surface area contributed by atoms with E-state index >= 15 is 0 Å². The summed E-state index contributed by atoms with van der Waals surface area (Å²) in [5, 5.41) is 0.922. The second-order valence-corrected chi connectivity index (χ2v) is 10.2. The predicted molar refractivity (Wildman–Crippen MR) is 151 cm³/mol. The maximum absolute atomic E-state index is 13.2. The number of Topliss-reactive ketones (excluding diaryl/α,β-unsaturated/α-hetero) is 1. The van der Waals surface area contributed by atoms with E-state index in [1.165, 1.54) is 4.90 Å². The van der Waals surface area contributed by atoms with E-state index < -0.39 is 12.6 Å². The Kier molecular flexibility index (Phi) is 6.74. The van der Waals surface area contributed by atoms with Gasteiger partial charge in [0.25, 0.3) is 0 Å². The Hall–Kier alpha value is -4.62. The molecule has 2 atom stereocenters. The molecule has 0 radical (unpaired) electrons. The number of imide groups is 1. The Labute approximate surface area is 235 Å². The fourth-order valence-electron chi connectivity index (χ4n) is 5.27. The number of aromatic nitrogens is 1. The number of hydrogen-bond acceptors (Lipinski definition) is 6. The van der Waals surface area contributed by atoms with Crippen molar-refractivity contribution in [2.45, 2.75) is 12.8 Å². The van der Waals surface area contributed by atoms with Gasteiger partial charge in [-0.05, 0) is 49.2 Å². The molecule has 2 aliphatic rings. The molecule has 0 bridgehead atoms. The average Bonchev–Trinajstić information content (AvgIpc) is 3.25. The maximum atomic E-state index is 13.2. The first-order valence-corrected chi connectivity index (χ1v) is 13.3. The van der Waals surface area contributed by atoms with Gasteiger partial charge in [-0.15, -0.1) is 0 Å². The molecule has 1 aromatic heterocycles. The lowest BCUT2D eigenvalue weighted by Crippen LogP contribution is -2.30. The number of carbonyl (C=O) groups excluding carboxylic acids is 4. The summed E-state index contributed by atoms with van der Waals surface area (Å²) in [6, 6.07) is 22.1. The van der Waals surface area contributed by atoms with Crippen molar-refractivity contribution >= 4 is 51.8 Å². The minimum atomic E-state index is -0.679. The standard InChI is InChI=1S/C32H23ClN2O5/c33-21-12-15-27-25(16-21)26(32(39)40-18-29(36)20-6-2-1-3-7-20)17-28(34-27)19-10-13-22(14-11-19)35-30(37)23-8-4-5-9-24(23)31(35)38/h1-7,10-17,23-24H,8-9,18H2. The lowest BCUT2D eigenvalue weighted by atomic mass is 9.85. The molecule has 7 nitrogen and oxygen atoms in total. The normalized spacial score (nSPS) is 18.2. The summed E-state index contributed by atoms with van der Waals surface area (Å²) in [5.74, 6) is -1.98. The summed E-state index contributed by atoms with van der Waals surface area (Å²) in [6.07, 6.45) is 5.06. The zero-order valence-electron chi connectivity index (χ0n) is 21.2. The first-order chi connectivity index (χ1) is 19.4. The number of rotatable bonds is 6. The number of esters is 1. The smallest absolute Gasteiger partial charge is 0.339 e. The van der Waals surface area contributed by atoms with Gasteiger partial charge in [-0.3, -0.25) is 19.3 Å². The highest BCUT2D eigenvalue weighted by Crippen LogP contribution is 2.38. The van der Waals surface area contributed by atoms with Crippen LogP contribution in [0, 0.1) is 11.8 Å². The second kappa shape index (κ2) is 10.5. The summed E-state index contributed by atoms with van der Waals surface area (Å²) in [5.41, 5.74) is 2.85. The summed E-state index contributed by atoms with van der Waals surface area (Å²) >= 11 is 6.21. The minimum Gasteiger partial charge on any atom is -0.454 e. The van der Waals surface area contributed by atoms with Gasteiger partial charge in [-0.25, -0.2) is 9.78 Å². The lowest BCUT2D eigenvalue weighted by molar-refractivity contribution is -0.122. The van der Waals surface area contributed by atoms with Gasteiger partial charge in [0.2, 0.25) is 11.8 Å². The molecule has 6 rings (SSSR count). The number of nitrogens with zero attached hydrogens (tertiary/aromatic N) is 2. The van der Waals surface area contributed by atoms with E-state index in [1.54, 1.807) is 78.9 Å². The van der Waals surface area contributed by atoms with Crippen LogP contribution in [0.25, 0.3) is 22.2 Å². The molecule has 40 heavy (non-hydrogen) atoms. The van der Waals surface area contributed by atoms with E-state index in [-0.39, 0.29) is 35.0 Å². The third-order valence-electron chi connectivity index (χ3n) is 7.35. The van der Waals surface area contributed by atoms with Crippen LogP contribution in [0.4, 0.5) is 5.69 Å². The monoisotopic (exact) mass is 550 g/mol. The van der Waals surface area contributed by atoms with Gasteiger partial charge in [0.15, 0.2) is 12.4 Å². The molecular weight excluding hydrogens is 528 g/mol. The average molecular weight is 551 g/mol. The zero-order chi connectivity index (χ0) is 27.8. The fourth-order valence-corrected chi connectivity index (χ4v) is 5.44. The van der Waals surface area contributed by atoms with Crippen molar-refractivity contribution in [1.29, 1.82) is 0 Å². The van der Waals surface area contributed by atoms with Gasteiger partial charge in [-0.2, -0.15) is 0 Å². The van der Waals surface area contributed by atoms with Gasteiger partial charge in [-0.1, -0.05) is 66.2 Å². The summed E-state index contributed by atoms with van der Waals surface area (Å²) < 4.78 is 5.39. The van der Waals surface area contributed by atoms with Crippen LogP contribution < -0.4 is 4.90 Å². The molecule has 0 N–H and O–H groups in total. The number of ether oxygens (including phenoxy) is 1. The number of ketones is 1. The molecule has 2 unspecified atom stereocenters. The largest absolute Gasteiger partial charge is 0.454 e. The Morgan fingerprint density at radius 2 is 1.55 bits per heavy atom. The molecular formula is C32H23ClN2O5. The topological polar surface area (TPSA) is 93.6 Å². The first-order valence-electron chi connectivity index (χ1n) is 12.9. The van der Waals surface area contributed by atoms with Gasteiger partial charge in [0.1, 0.15) is 0 Å². The molecule has 198 valence electrons. The highest BCUT2D eigenvalue weighted by atomic mass is 35.5. The van der Waals surface area contributed by atoms with Crippen LogP contribution in [-0.2, 0) is 14.3 Å². The quantitative estimate of drug-likeness (QED) is 0.125. The lowest BCUT2D eigenvalue weighted by Gasteiger charge is -2.15. The Morgan fingerprint density at radius 1 is 0.875 bits per heavy atom. The van der Waals surface area contributed by atoms with Crippen molar-refractivity contribution in [2.75, 3.05) is 11.5 Å². The number of carbonyl (C=O) groups is 4. The second-order valence-electron chi connectivity index (χ2n) is 9.80. The first kappa shape index (κ1) is 25.6. The van der Waals surface area contributed by atoms with Crippen LogP contribution in [0.1, 0.15) is 33.6 Å². The zero-order valence-corrected chi connectivity index (χ0v) is 22.0. The summed E-state index contributed by atoms with van der Waals surface area (Å²) in [7, 11) is 0. The molecule has 0 saturated carbocycles. The van der Waals surface area contributed by atoms with Crippen molar-refractivity contribution in [3.63, 3.8) is 0 Å². The van der Waals surface area contributed by atoms with Crippen molar-refractivity contribution in [3.05, 3.63) is 107 Å². The van der Waals surface area contributed by atoms with Crippen molar-refractivity contribution in [3.8, 4) is 11.3 Å². The van der Waals surface area contributed by atoms with E-state index in [0.29, 0.717) is 51.3 Å². The van der Waals surface area contributed by atoms with Gasteiger partial charge < -0.3 is 4.74 Å². The van der Waals surface area contributed by atoms with Crippen LogP contribution >= 0.6 is 11.6 Å². The molecule has 1 fully saturated rings. The molecule has 4 aromatic rings. The SMILES string of the molecule is O=C(COC(=O)c1cc(-c2ccc(N3C(=O)C4CC=CCC4C3=O)cc2)nc2ccc(Cl)cc12)c1ccccc1. The molecule has 1 aliphatic carbocycles. The third kappa shape index (κ3) is 4.69. The van der Waals surface area contributed by atoms with Crippen molar-refractivity contribution < 1.29 is 23.9 Å². The van der Waals surface area contributed by atoms with Gasteiger partial charge in [0.05, 0.1) is 34.3 Å². The number of anilines is 1. The number of fused-ring (bicyclic) bond motifs is 2. The molecule has 3 aromatic carbocycles. The van der Waals surface area contributed by atoms with E-state index in [0.717, 1.165) is 0 Å². The molecule has 2 amide bonds. The van der Waals surface area contributed by atoms with E-state index in [2.05, 4.69) is 0 Å². The molecule has 8 heteroatoms. The Balaban J connectivity index is 1.29. The number of halogens is 1. The van der Waals surface area contributed by atoms with Gasteiger partial charge in [0, 0.05) is 21.5 Å². The molecule has 2 heterocycles. The number of allylic oxidation sites excluding steroid dienone is 2. The van der Waals surface area contributed by atoms with Crippen molar-refractivity contribution in [1.82, 2.24) is 4.98 Å².